The standard InChI is InChI=1S/C20H39O7P.2Na/c1-3-5-7-9-11-13-15-20(19(23)24,16-14-12-10-8-6-4-2)17(18(21)22)28(25,26)27;;/h17H,3-16H2,1-2H3,(H,21,22)(H,23,24)(H2,25,26,27);;/q;2*+1/p-2. The molecule has 0 radical (unpaired) electrons. The molecule has 0 aliphatic heterocycles. The van der Waals surface area contributed by atoms with Gasteiger partial charge < -0.3 is 29.6 Å². The fraction of sp³-hybridized carbons (Fsp3) is 0.900. The molecule has 1 unspecified atom stereocenters. The monoisotopic (exact) mass is 466 g/mol. The molecule has 0 saturated carbocycles. The number of rotatable bonds is 18. The van der Waals surface area contributed by atoms with Gasteiger partial charge in [0.2, 0.25) is 0 Å². The minimum absolute atomic E-state index is 0. The average molecular weight is 466 g/mol. The Hall–Kier alpha value is 1.09. The van der Waals surface area contributed by atoms with Gasteiger partial charge in [-0.1, -0.05) is 90.9 Å². The molecule has 10 heteroatoms. The van der Waals surface area contributed by atoms with Crippen molar-refractivity contribution in [1.29, 1.82) is 0 Å². The second-order valence-electron chi connectivity index (χ2n) is 7.79. The Balaban J connectivity index is -0.00000364. The fourth-order valence-electron chi connectivity index (χ4n) is 3.84. The van der Waals surface area contributed by atoms with E-state index in [4.69, 9.17) is 0 Å². The van der Waals surface area contributed by atoms with Gasteiger partial charge in [0.15, 0.2) is 0 Å². The van der Waals surface area contributed by atoms with E-state index in [-0.39, 0.29) is 72.0 Å². The maximum absolute atomic E-state index is 12.0. The number of carbonyl (C=O) groups is 2. The van der Waals surface area contributed by atoms with Crippen molar-refractivity contribution in [2.45, 2.75) is 109 Å². The summed E-state index contributed by atoms with van der Waals surface area (Å²) in [4.78, 5) is 42.7. The first-order chi connectivity index (χ1) is 13.1. The topological polar surface area (TPSA) is 138 Å². The smallest absolute Gasteiger partial charge is 0.550 e. The van der Waals surface area contributed by atoms with Crippen molar-refractivity contribution in [3.63, 3.8) is 0 Å². The maximum atomic E-state index is 12.0. The molecule has 1 atom stereocenters. The Kier molecular flexibility index (Phi) is 23.2. The van der Waals surface area contributed by atoms with Crippen molar-refractivity contribution in [2.24, 2.45) is 5.41 Å². The molecule has 166 valence electrons. The van der Waals surface area contributed by atoms with Crippen molar-refractivity contribution < 1.29 is 93.3 Å². The van der Waals surface area contributed by atoms with Crippen molar-refractivity contribution >= 4 is 19.5 Å². The molecule has 7 nitrogen and oxygen atoms in total. The summed E-state index contributed by atoms with van der Waals surface area (Å²) in [6.45, 7) is 4.15. The van der Waals surface area contributed by atoms with Crippen LogP contribution in [0, 0.1) is 5.41 Å². The van der Waals surface area contributed by atoms with Crippen molar-refractivity contribution in [3.05, 3.63) is 0 Å². The number of hydrogen-bond acceptors (Lipinski definition) is 5. The molecule has 0 fully saturated rings. The van der Waals surface area contributed by atoms with E-state index in [1.165, 1.54) is 0 Å². The Bertz CT molecular complexity index is 495. The molecule has 0 spiro atoms. The van der Waals surface area contributed by atoms with Gasteiger partial charge in [0.25, 0.3) is 0 Å². The van der Waals surface area contributed by atoms with Gasteiger partial charge in [-0.3, -0.25) is 4.57 Å². The molecule has 0 aromatic carbocycles. The minimum Gasteiger partial charge on any atom is -0.550 e. The Morgan fingerprint density at radius 1 is 0.767 bits per heavy atom. The first-order valence-corrected chi connectivity index (χ1v) is 12.3. The first kappa shape index (κ1) is 35.7. The number of carbonyl (C=O) groups excluding carboxylic acids is 2. The molecular formula is C20H37Na2O7P. The Labute approximate surface area is 225 Å². The number of carboxylic acids is 2. The summed E-state index contributed by atoms with van der Waals surface area (Å²) in [6.07, 6.45) is 9.88. The third-order valence-electron chi connectivity index (χ3n) is 5.44. The summed E-state index contributed by atoms with van der Waals surface area (Å²) in [5, 5.41) is 23.6. The normalized spacial score (nSPS) is 12.5. The summed E-state index contributed by atoms with van der Waals surface area (Å²) in [5.41, 5.74) is -4.48. The number of unbranched alkanes of at least 4 members (excludes halogenated alkanes) is 10. The van der Waals surface area contributed by atoms with E-state index >= 15 is 0 Å². The average Bonchev–Trinajstić information content (AvgIpc) is 2.58. The third-order valence-corrected chi connectivity index (χ3v) is 6.82. The number of hydrogen-bond donors (Lipinski definition) is 2. The maximum Gasteiger partial charge on any atom is 1.00 e. The van der Waals surface area contributed by atoms with Crippen LogP contribution in [-0.2, 0) is 14.2 Å². The molecule has 0 aromatic heterocycles. The number of carboxylic acid groups (broad SMARTS) is 2. The van der Waals surface area contributed by atoms with Crippen LogP contribution in [0.5, 0.6) is 0 Å². The van der Waals surface area contributed by atoms with E-state index in [9.17, 15) is 34.2 Å². The summed E-state index contributed by atoms with van der Waals surface area (Å²) >= 11 is 0. The zero-order valence-electron chi connectivity index (χ0n) is 19.4. The van der Waals surface area contributed by atoms with Crippen LogP contribution in [0.4, 0.5) is 0 Å². The van der Waals surface area contributed by atoms with E-state index in [0.29, 0.717) is 25.7 Å². The summed E-state index contributed by atoms with van der Waals surface area (Å²) in [6, 6.07) is 0. The summed E-state index contributed by atoms with van der Waals surface area (Å²) < 4.78 is 11.9. The van der Waals surface area contributed by atoms with Gasteiger partial charge in [-0.05, 0) is 12.8 Å². The van der Waals surface area contributed by atoms with Gasteiger partial charge in [-0.15, -0.1) is 0 Å². The molecule has 0 bridgehead atoms. The third kappa shape index (κ3) is 13.6. The van der Waals surface area contributed by atoms with Crippen molar-refractivity contribution in [2.75, 3.05) is 0 Å². The molecule has 0 aliphatic carbocycles. The van der Waals surface area contributed by atoms with Crippen LogP contribution < -0.4 is 69.3 Å². The van der Waals surface area contributed by atoms with E-state index in [0.717, 1.165) is 51.4 Å². The summed E-state index contributed by atoms with van der Waals surface area (Å²) in [5.74, 6) is -3.72. The zero-order chi connectivity index (χ0) is 21.6. The van der Waals surface area contributed by atoms with E-state index < -0.39 is 30.6 Å². The molecule has 0 amide bonds. The van der Waals surface area contributed by atoms with Gasteiger partial charge in [-0.2, -0.15) is 0 Å². The van der Waals surface area contributed by atoms with Crippen LogP contribution in [0.15, 0.2) is 0 Å². The van der Waals surface area contributed by atoms with Gasteiger partial charge in [0.05, 0.1) is 5.97 Å². The van der Waals surface area contributed by atoms with Gasteiger partial charge in [-0.25, -0.2) is 0 Å². The summed E-state index contributed by atoms with van der Waals surface area (Å²) in [7, 11) is -5.22. The molecule has 30 heavy (non-hydrogen) atoms. The molecule has 2 N–H and O–H groups in total. The zero-order valence-corrected chi connectivity index (χ0v) is 24.3. The largest absolute Gasteiger partial charge is 1.00 e. The van der Waals surface area contributed by atoms with Crippen LogP contribution in [0.2, 0.25) is 0 Å². The Morgan fingerprint density at radius 3 is 1.37 bits per heavy atom. The predicted molar refractivity (Wildman–Crippen MR) is 104 cm³/mol. The fourth-order valence-corrected chi connectivity index (χ4v) is 5.12. The molecule has 0 aromatic rings. The van der Waals surface area contributed by atoms with E-state index in [1.54, 1.807) is 0 Å². The first-order valence-electron chi connectivity index (χ1n) is 10.6. The molecule has 0 rings (SSSR count). The molecule has 0 saturated heterocycles. The van der Waals surface area contributed by atoms with Gasteiger partial charge in [0.1, 0.15) is 5.66 Å². The second kappa shape index (κ2) is 19.5. The SMILES string of the molecule is CCCCCCCCC(CCCCCCCC)(C(=O)[O-])C(C(=O)[O-])P(=O)(O)O.[Na+].[Na+]. The van der Waals surface area contributed by atoms with Crippen molar-refractivity contribution in [1.82, 2.24) is 0 Å². The van der Waals surface area contributed by atoms with Crippen LogP contribution in [0.25, 0.3) is 0 Å². The van der Waals surface area contributed by atoms with Gasteiger partial charge >= 0.3 is 66.7 Å². The minimum atomic E-state index is -5.22. The molecule has 0 aliphatic rings. The van der Waals surface area contributed by atoms with E-state index in [2.05, 4.69) is 13.8 Å². The quantitative estimate of drug-likeness (QED) is 0.122. The Morgan fingerprint density at radius 2 is 1.10 bits per heavy atom. The van der Waals surface area contributed by atoms with E-state index in [1.807, 2.05) is 0 Å². The van der Waals surface area contributed by atoms with Crippen LogP contribution >= 0.6 is 7.60 Å². The number of aliphatic carboxylic acids is 2. The predicted octanol–water partition coefficient (Wildman–Crippen LogP) is -3.47. The van der Waals surface area contributed by atoms with Crippen LogP contribution in [0.1, 0.15) is 104 Å². The molecule has 0 heterocycles. The van der Waals surface area contributed by atoms with Crippen molar-refractivity contribution in [3.8, 4) is 0 Å². The van der Waals surface area contributed by atoms with Gasteiger partial charge in [0, 0.05) is 11.4 Å². The second-order valence-corrected chi connectivity index (χ2v) is 9.48. The van der Waals surface area contributed by atoms with Crippen LogP contribution in [-0.4, -0.2) is 27.4 Å². The van der Waals surface area contributed by atoms with Crippen LogP contribution in [0.3, 0.4) is 0 Å². The molecular weight excluding hydrogens is 429 g/mol.